The molecule has 1 saturated heterocycles. The Hall–Kier alpha value is -1.59. The van der Waals surface area contributed by atoms with Crippen molar-refractivity contribution in [2.75, 3.05) is 26.2 Å². The zero-order valence-corrected chi connectivity index (χ0v) is 15.0. The summed E-state index contributed by atoms with van der Waals surface area (Å²) in [6.07, 6.45) is 3.43. The summed E-state index contributed by atoms with van der Waals surface area (Å²) >= 11 is 5.97. The van der Waals surface area contributed by atoms with E-state index >= 15 is 0 Å². The molecule has 5 nitrogen and oxygen atoms in total. The fraction of sp³-hybridized carbons (Fsp3) is 0.579. The third-order valence-corrected chi connectivity index (χ3v) is 6.45. The summed E-state index contributed by atoms with van der Waals surface area (Å²) in [4.78, 5) is 29.2. The van der Waals surface area contributed by atoms with Crippen LogP contribution < -0.4 is 5.73 Å². The smallest absolute Gasteiger partial charge is 0.254 e. The molecule has 2 N–H and O–H groups in total. The van der Waals surface area contributed by atoms with E-state index in [2.05, 4.69) is 0 Å². The second-order valence-corrected chi connectivity index (χ2v) is 8.00. The first-order valence-electron chi connectivity index (χ1n) is 9.14. The van der Waals surface area contributed by atoms with Crippen LogP contribution in [-0.4, -0.2) is 53.8 Å². The molecule has 0 spiro atoms. The lowest BCUT2D eigenvalue weighted by Gasteiger charge is -2.38. The fourth-order valence-corrected chi connectivity index (χ4v) is 5.04. The molecular formula is C19H24ClN3O2. The van der Waals surface area contributed by atoms with Crippen LogP contribution in [0.15, 0.2) is 24.3 Å². The molecule has 4 unspecified atom stereocenters. The number of hydrogen-bond donors (Lipinski definition) is 1. The van der Waals surface area contributed by atoms with Crippen molar-refractivity contribution in [3.63, 3.8) is 0 Å². The quantitative estimate of drug-likeness (QED) is 0.876. The summed E-state index contributed by atoms with van der Waals surface area (Å²) in [5.74, 6) is 1.18. The Bertz CT molecular complexity index is 685. The number of piperazine rings is 1. The molecule has 25 heavy (non-hydrogen) atoms. The van der Waals surface area contributed by atoms with Crippen LogP contribution in [0.4, 0.5) is 0 Å². The molecule has 4 rings (SSSR count). The topological polar surface area (TPSA) is 66.6 Å². The predicted octanol–water partition coefficient (Wildman–Crippen LogP) is 2.00. The number of carbonyl (C=O) groups excluding carboxylic acids is 2. The maximum atomic E-state index is 12.9. The molecule has 1 heterocycles. The van der Waals surface area contributed by atoms with E-state index in [1.54, 1.807) is 29.2 Å². The van der Waals surface area contributed by atoms with E-state index in [0.717, 1.165) is 12.8 Å². The summed E-state index contributed by atoms with van der Waals surface area (Å²) in [5.41, 5.74) is 6.91. The predicted molar refractivity (Wildman–Crippen MR) is 96.2 cm³/mol. The van der Waals surface area contributed by atoms with Crippen molar-refractivity contribution in [2.24, 2.45) is 23.5 Å². The molecule has 4 atom stereocenters. The third-order valence-electron chi connectivity index (χ3n) is 6.22. The zero-order chi connectivity index (χ0) is 17.6. The van der Waals surface area contributed by atoms with E-state index in [9.17, 15) is 9.59 Å². The zero-order valence-electron chi connectivity index (χ0n) is 14.2. The highest BCUT2D eigenvalue weighted by Gasteiger charge is 2.50. The van der Waals surface area contributed by atoms with Gasteiger partial charge in [-0.05, 0) is 49.3 Å². The van der Waals surface area contributed by atoms with Gasteiger partial charge in [0.1, 0.15) is 0 Å². The van der Waals surface area contributed by atoms with Gasteiger partial charge in [0, 0.05) is 42.8 Å². The molecule has 134 valence electrons. The average molecular weight is 362 g/mol. The number of amides is 2. The Kier molecular flexibility index (Phi) is 4.46. The van der Waals surface area contributed by atoms with Gasteiger partial charge >= 0.3 is 0 Å². The highest BCUT2D eigenvalue weighted by Crippen LogP contribution is 2.48. The van der Waals surface area contributed by atoms with E-state index in [4.69, 9.17) is 17.3 Å². The first-order valence-corrected chi connectivity index (χ1v) is 9.51. The molecule has 6 heteroatoms. The van der Waals surface area contributed by atoms with Crippen LogP contribution in [0.2, 0.25) is 5.02 Å². The average Bonchev–Trinajstić information content (AvgIpc) is 3.22. The lowest BCUT2D eigenvalue weighted by atomic mass is 9.84. The van der Waals surface area contributed by atoms with Crippen molar-refractivity contribution in [3.8, 4) is 0 Å². The number of rotatable bonds is 2. The first-order chi connectivity index (χ1) is 12.0. The van der Waals surface area contributed by atoms with Gasteiger partial charge in [0.2, 0.25) is 5.91 Å². The van der Waals surface area contributed by atoms with E-state index in [1.165, 1.54) is 6.42 Å². The normalized spacial score (nSPS) is 31.4. The van der Waals surface area contributed by atoms with Crippen LogP contribution in [-0.2, 0) is 4.79 Å². The van der Waals surface area contributed by atoms with E-state index in [0.29, 0.717) is 48.6 Å². The van der Waals surface area contributed by atoms with Crippen LogP contribution in [0.1, 0.15) is 29.6 Å². The highest BCUT2D eigenvalue weighted by molar-refractivity contribution is 6.30. The Balaban J connectivity index is 1.37. The standard InChI is InChI=1S/C19H24ClN3O2/c20-15-3-1-2-14(11-15)18(24)22-6-8-23(9-7-22)19(25)16-12-4-5-13(10-12)17(16)21/h1-3,11-13,16-17H,4-10,21H2. The molecule has 2 bridgehead atoms. The fourth-order valence-electron chi connectivity index (χ4n) is 4.85. The molecule has 0 aromatic heterocycles. The lowest BCUT2D eigenvalue weighted by molar-refractivity contribution is -0.139. The molecule has 2 aliphatic carbocycles. The SMILES string of the molecule is NC1C2CCC(C2)C1C(=O)N1CCN(C(=O)c2cccc(Cl)c2)CC1. The molecule has 3 fully saturated rings. The van der Waals surface area contributed by atoms with Gasteiger partial charge in [0.15, 0.2) is 0 Å². The van der Waals surface area contributed by atoms with Gasteiger partial charge in [-0.2, -0.15) is 0 Å². The van der Waals surface area contributed by atoms with Gasteiger partial charge in [0.05, 0.1) is 5.92 Å². The number of hydrogen-bond acceptors (Lipinski definition) is 3. The Morgan fingerprint density at radius 2 is 1.72 bits per heavy atom. The molecular weight excluding hydrogens is 338 g/mol. The van der Waals surface area contributed by atoms with E-state index in [-0.39, 0.29) is 23.8 Å². The maximum absolute atomic E-state index is 12.9. The number of fused-ring (bicyclic) bond motifs is 2. The van der Waals surface area contributed by atoms with Crippen LogP contribution in [0, 0.1) is 17.8 Å². The second kappa shape index (κ2) is 6.61. The van der Waals surface area contributed by atoms with Gasteiger partial charge in [-0.3, -0.25) is 9.59 Å². The van der Waals surface area contributed by atoms with Crippen molar-refractivity contribution in [1.82, 2.24) is 9.80 Å². The van der Waals surface area contributed by atoms with Crippen molar-refractivity contribution in [3.05, 3.63) is 34.9 Å². The monoisotopic (exact) mass is 361 g/mol. The highest BCUT2D eigenvalue weighted by atomic mass is 35.5. The van der Waals surface area contributed by atoms with E-state index in [1.807, 2.05) is 4.90 Å². The Labute approximate surface area is 153 Å². The number of benzene rings is 1. The third kappa shape index (κ3) is 3.04. The van der Waals surface area contributed by atoms with Crippen molar-refractivity contribution < 1.29 is 9.59 Å². The van der Waals surface area contributed by atoms with Crippen molar-refractivity contribution in [2.45, 2.75) is 25.3 Å². The summed E-state index contributed by atoms with van der Waals surface area (Å²) in [5, 5.41) is 0.560. The van der Waals surface area contributed by atoms with E-state index < -0.39 is 0 Å². The summed E-state index contributed by atoms with van der Waals surface area (Å²) in [6, 6.07) is 7.03. The molecule has 1 aromatic carbocycles. The van der Waals surface area contributed by atoms with Crippen LogP contribution in [0.25, 0.3) is 0 Å². The number of nitrogens with two attached hydrogens (primary N) is 1. The molecule has 3 aliphatic rings. The minimum absolute atomic E-state index is 0.00562. The molecule has 0 radical (unpaired) electrons. The molecule has 1 aromatic rings. The molecule has 2 amide bonds. The number of halogens is 1. The van der Waals surface area contributed by atoms with Gasteiger partial charge < -0.3 is 15.5 Å². The second-order valence-electron chi connectivity index (χ2n) is 7.56. The first kappa shape index (κ1) is 16.9. The maximum Gasteiger partial charge on any atom is 0.254 e. The Morgan fingerprint density at radius 3 is 2.36 bits per heavy atom. The van der Waals surface area contributed by atoms with Gasteiger partial charge in [-0.25, -0.2) is 0 Å². The van der Waals surface area contributed by atoms with Crippen molar-refractivity contribution >= 4 is 23.4 Å². The minimum atomic E-state index is -0.0220. The summed E-state index contributed by atoms with van der Waals surface area (Å²) < 4.78 is 0. The largest absolute Gasteiger partial charge is 0.339 e. The lowest BCUT2D eigenvalue weighted by Crippen LogP contribution is -2.54. The Morgan fingerprint density at radius 1 is 1.04 bits per heavy atom. The van der Waals surface area contributed by atoms with Crippen molar-refractivity contribution in [1.29, 1.82) is 0 Å². The summed E-state index contributed by atoms with van der Waals surface area (Å²) in [7, 11) is 0. The van der Waals surface area contributed by atoms with Gasteiger partial charge in [-0.15, -0.1) is 0 Å². The number of carbonyl (C=O) groups is 2. The van der Waals surface area contributed by atoms with Gasteiger partial charge in [-0.1, -0.05) is 17.7 Å². The van der Waals surface area contributed by atoms with Crippen LogP contribution in [0.5, 0.6) is 0 Å². The summed E-state index contributed by atoms with van der Waals surface area (Å²) in [6.45, 7) is 2.30. The minimum Gasteiger partial charge on any atom is -0.339 e. The molecule has 2 saturated carbocycles. The van der Waals surface area contributed by atoms with Gasteiger partial charge in [0.25, 0.3) is 5.91 Å². The molecule has 1 aliphatic heterocycles. The van der Waals surface area contributed by atoms with Crippen LogP contribution in [0.3, 0.4) is 0 Å². The van der Waals surface area contributed by atoms with Crippen LogP contribution >= 0.6 is 11.6 Å². The number of nitrogens with zero attached hydrogens (tertiary/aromatic N) is 2.